The van der Waals surface area contributed by atoms with Gasteiger partial charge in [-0.25, -0.2) is 0 Å². The van der Waals surface area contributed by atoms with Gasteiger partial charge >= 0.3 is 0 Å². The molecule has 0 aliphatic rings. The number of likely N-dealkylation sites (N-methyl/N-ethyl adjacent to an activating group) is 1. The van der Waals surface area contributed by atoms with E-state index >= 15 is 0 Å². The lowest BCUT2D eigenvalue weighted by Crippen LogP contribution is -2.38. The second-order valence-electron chi connectivity index (χ2n) is 7.65. The fourth-order valence-electron chi connectivity index (χ4n) is 3.33. The van der Waals surface area contributed by atoms with Gasteiger partial charge in [-0.3, -0.25) is 14.4 Å². The van der Waals surface area contributed by atoms with E-state index in [-0.39, 0.29) is 30.7 Å². The van der Waals surface area contributed by atoms with Gasteiger partial charge in [-0.2, -0.15) is 0 Å². The molecule has 0 fully saturated rings. The third-order valence-electron chi connectivity index (χ3n) is 5.18. The van der Waals surface area contributed by atoms with Gasteiger partial charge in [0.25, 0.3) is 5.91 Å². The molecule has 0 saturated carbocycles. The topological polar surface area (TPSA) is 87.7 Å². The lowest BCUT2D eigenvalue weighted by atomic mass is 10.0. The molecule has 3 amide bonds. The van der Waals surface area contributed by atoms with E-state index < -0.39 is 6.04 Å². The normalized spacial score (nSPS) is 11.3. The Balaban J connectivity index is 1.65. The highest BCUT2D eigenvalue weighted by molar-refractivity contribution is 6.33. The van der Waals surface area contributed by atoms with Gasteiger partial charge in [0.1, 0.15) is 5.75 Å². The van der Waals surface area contributed by atoms with Crippen molar-refractivity contribution in [2.24, 2.45) is 0 Å². The molecular formula is C26H26ClN3O4. The maximum atomic E-state index is 12.9. The van der Waals surface area contributed by atoms with Crippen LogP contribution in [-0.4, -0.2) is 43.3 Å². The second kappa shape index (κ2) is 11.9. The van der Waals surface area contributed by atoms with Crippen molar-refractivity contribution in [3.05, 3.63) is 95.0 Å². The van der Waals surface area contributed by atoms with E-state index in [1.165, 1.54) is 4.90 Å². The maximum absolute atomic E-state index is 12.9. The summed E-state index contributed by atoms with van der Waals surface area (Å²) in [4.78, 5) is 39.5. The molecule has 2 N–H and O–H groups in total. The third-order valence-corrected chi connectivity index (χ3v) is 5.51. The van der Waals surface area contributed by atoms with Gasteiger partial charge in [0.2, 0.25) is 11.8 Å². The first-order chi connectivity index (χ1) is 16.4. The quantitative estimate of drug-likeness (QED) is 0.479. The summed E-state index contributed by atoms with van der Waals surface area (Å²) < 4.78 is 5.10. The SMILES string of the molecule is COc1ccc(NC(=O)CN(C)C(=O)CC(NC(=O)c2ccccc2Cl)c2ccccc2)cc1. The van der Waals surface area contributed by atoms with Crippen molar-refractivity contribution < 1.29 is 19.1 Å². The van der Waals surface area contributed by atoms with Crippen LogP contribution in [0.1, 0.15) is 28.4 Å². The first kappa shape index (κ1) is 24.8. The number of halogens is 1. The van der Waals surface area contributed by atoms with E-state index in [1.807, 2.05) is 30.3 Å². The first-order valence-corrected chi connectivity index (χ1v) is 11.0. The largest absolute Gasteiger partial charge is 0.497 e. The molecule has 7 nitrogen and oxygen atoms in total. The summed E-state index contributed by atoms with van der Waals surface area (Å²) in [5, 5.41) is 5.97. The molecule has 34 heavy (non-hydrogen) atoms. The number of nitrogens with zero attached hydrogens (tertiary/aromatic N) is 1. The standard InChI is InChI=1S/C26H26ClN3O4/c1-30(17-24(31)28-19-12-14-20(34-2)15-13-19)25(32)16-23(18-8-4-3-5-9-18)29-26(33)21-10-6-7-11-22(21)27/h3-15,23H,16-17H2,1-2H3,(H,28,31)(H,29,33). The number of carbonyl (C=O) groups is 3. The summed E-state index contributed by atoms with van der Waals surface area (Å²) in [6.45, 7) is -0.134. The number of ether oxygens (including phenoxy) is 1. The molecule has 0 bridgehead atoms. The van der Waals surface area contributed by atoms with Crippen molar-refractivity contribution in [3.8, 4) is 5.75 Å². The zero-order valence-corrected chi connectivity index (χ0v) is 19.7. The molecule has 3 aromatic rings. The molecule has 0 heterocycles. The molecule has 1 atom stereocenters. The number of methoxy groups -OCH3 is 1. The summed E-state index contributed by atoms with van der Waals surface area (Å²) in [7, 11) is 3.11. The highest BCUT2D eigenvalue weighted by Crippen LogP contribution is 2.21. The van der Waals surface area contributed by atoms with Crippen LogP contribution >= 0.6 is 11.6 Å². The second-order valence-corrected chi connectivity index (χ2v) is 8.05. The zero-order chi connectivity index (χ0) is 24.5. The fraction of sp³-hybridized carbons (Fsp3) is 0.192. The maximum Gasteiger partial charge on any atom is 0.253 e. The molecule has 3 aromatic carbocycles. The van der Waals surface area contributed by atoms with Crippen molar-refractivity contribution in [2.75, 3.05) is 26.0 Å². The third kappa shape index (κ3) is 6.83. The van der Waals surface area contributed by atoms with Crippen LogP contribution in [0.5, 0.6) is 5.75 Å². The minimum Gasteiger partial charge on any atom is -0.497 e. The molecule has 0 radical (unpaired) electrons. The van der Waals surface area contributed by atoms with E-state index in [2.05, 4.69) is 10.6 Å². The van der Waals surface area contributed by atoms with Crippen molar-refractivity contribution in [1.29, 1.82) is 0 Å². The molecule has 0 saturated heterocycles. The number of hydrogen-bond donors (Lipinski definition) is 2. The number of benzene rings is 3. The molecule has 0 aromatic heterocycles. The van der Waals surface area contributed by atoms with Crippen LogP contribution in [0.2, 0.25) is 5.02 Å². The summed E-state index contributed by atoms with van der Waals surface area (Å²) in [6.07, 6.45) is -0.0213. The number of hydrogen-bond acceptors (Lipinski definition) is 4. The minimum absolute atomic E-state index is 0.0213. The van der Waals surface area contributed by atoms with Crippen LogP contribution in [0.4, 0.5) is 5.69 Å². The first-order valence-electron chi connectivity index (χ1n) is 10.7. The summed E-state index contributed by atoms with van der Waals surface area (Å²) in [5.41, 5.74) is 1.69. The van der Waals surface area contributed by atoms with Crippen molar-refractivity contribution in [2.45, 2.75) is 12.5 Å². The fourth-order valence-corrected chi connectivity index (χ4v) is 3.55. The number of anilines is 1. The van der Waals surface area contributed by atoms with Gasteiger partial charge in [-0.1, -0.05) is 54.1 Å². The van der Waals surface area contributed by atoms with Gasteiger partial charge < -0.3 is 20.3 Å². The van der Waals surface area contributed by atoms with Crippen molar-refractivity contribution in [1.82, 2.24) is 10.2 Å². The Kier molecular flexibility index (Phi) is 8.65. The molecule has 0 aliphatic heterocycles. The monoisotopic (exact) mass is 479 g/mol. The number of rotatable bonds is 9. The lowest BCUT2D eigenvalue weighted by molar-refractivity contribution is -0.133. The van der Waals surface area contributed by atoms with Crippen molar-refractivity contribution in [3.63, 3.8) is 0 Å². The van der Waals surface area contributed by atoms with E-state index in [4.69, 9.17) is 16.3 Å². The number of carbonyl (C=O) groups excluding carboxylic acids is 3. The molecule has 0 spiro atoms. The van der Waals surface area contributed by atoms with Crippen LogP contribution in [0.25, 0.3) is 0 Å². The summed E-state index contributed by atoms with van der Waals surface area (Å²) in [5.74, 6) is -0.334. The van der Waals surface area contributed by atoms with Gasteiger partial charge in [-0.15, -0.1) is 0 Å². The Labute approximate surface area is 203 Å². The van der Waals surface area contributed by atoms with Crippen LogP contribution in [0, 0.1) is 0 Å². The predicted octanol–water partition coefficient (Wildman–Crippen LogP) is 4.31. The van der Waals surface area contributed by atoms with Crippen molar-refractivity contribution >= 4 is 35.0 Å². The number of nitrogens with one attached hydrogen (secondary N) is 2. The molecule has 176 valence electrons. The molecule has 0 aliphatic carbocycles. The van der Waals surface area contributed by atoms with Crippen LogP contribution < -0.4 is 15.4 Å². The van der Waals surface area contributed by atoms with Gasteiger partial charge in [-0.05, 0) is 42.0 Å². The Hall–Kier alpha value is -3.84. The number of amides is 3. The minimum atomic E-state index is -0.593. The summed E-state index contributed by atoms with van der Waals surface area (Å²) >= 11 is 6.16. The smallest absolute Gasteiger partial charge is 0.253 e. The Morgan fingerprint density at radius 3 is 2.24 bits per heavy atom. The average Bonchev–Trinajstić information content (AvgIpc) is 2.84. The lowest BCUT2D eigenvalue weighted by Gasteiger charge is -2.23. The van der Waals surface area contributed by atoms with Gasteiger partial charge in [0.15, 0.2) is 0 Å². The van der Waals surface area contributed by atoms with Crippen LogP contribution in [0.15, 0.2) is 78.9 Å². The Morgan fingerprint density at radius 2 is 1.59 bits per heavy atom. The van der Waals surface area contributed by atoms with Gasteiger partial charge in [0.05, 0.1) is 36.7 Å². The highest BCUT2D eigenvalue weighted by atomic mass is 35.5. The zero-order valence-electron chi connectivity index (χ0n) is 19.0. The molecular weight excluding hydrogens is 454 g/mol. The Bertz CT molecular complexity index is 1140. The van der Waals surface area contributed by atoms with E-state index in [9.17, 15) is 14.4 Å². The van der Waals surface area contributed by atoms with Gasteiger partial charge in [0, 0.05) is 12.7 Å². The molecule has 1 unspecified atom stereocenters. The van der Waals surface area contributed by atoms with Crippen LogP contribution in [0.3, 0.4) is 0 Å². The highest BCUT2D eigenvalue weighted by Gasteiger charge is 2.23. The summed E-state index contributed by atoms with van der Waals surface area (Å²) in [6, 6.07) is 22.2. The van der Waals surface area contributed by atoms with E-state index in [1.54, 1.807) is 62.7 Å². The van der Waals surface area contributed by atoms with E-state index in [0.717, 1.165) is 5.56 Å². The molecule has 8 heteroatoms. The van der Waals surface area contributed by atoms with E-state index in [0.29, 0.717) is 22.0 Å². The van der Waals surface area contributed by atoms with Crippen LogP contribution in [-0.2, 0) is 9.59 Å². The molecule has 3 rings (SSSR count). The average molecular weight is 480 g/mol. The Morgan fingerprint density at radius 1 is 0.941 bits per heavy atom. The predicted molar refractivity (Wildman–Crippen MR) is 132 cm³/mol.